The maximum absolute atomic E-state index is 12.9. The standard InChI is InChI=1S/C12H14ClFO/c1-2-11(15)5-3-4-9-8-10(14)6-7-12(9)13/h6-8H,2-5H2,1H3. The van der Waals surface area contributed by atoms with Crippen LogP contribution in [0.4, 0.5) is 4.39 Å². The van der Waals surface area contributed by atoms with E-state index in [9.17, 15) is 9.18 Å². The average Bonchev–Trinajstić information content (AvgIpc) is 2.23. The summed E-state index contributed by atoms with van der Waals surface area (Å²) >= 11 is 5.89. The summed E-state index contributed by atoms with van der Waals surface area (Å²) in [5.74, 6) is -0.0428. The van der Waals surface area contributed by atoms with Gasteiger partial charge in [-0.25, -0.2) is 4.39 Å². The molecule has 0 saturated carbocycles. The van der Waals surface area contributed by atoms with Gasteiger partial charge in [0.15, 0.2) is 0 Å². The number of rotatable bonds is 5. The second-order valence-corrected chi connectivity index (χ2v) is 3.89. The van der Waals surface area contributed by atoms with E-state index in [0.717, 1.165) is 12.0 Å². The highest BCUT2D eigenvalue weighted by Crippen LogP contribution is 2.19. The molecule has 0 bridgehead atoms. The first-order valence-corrected chi connectivity index (χ1v) is 5.47. The zero-order valence-corrected chi connectivity index (χ0v) is 9.48. The molecule has 1 aromatic carbocycles. The lowest BCUT2D eigenvalue weighted by Crippen LogP contribution is -1.97. The molecule has 0 N–H and O–H groups in total. The minimum absolute atomic E-state index is 0.238. The Hall–Kier alpha value is -0.890. The third kappa shape index (κ3) is 4.00. The highest BCUT2D eigenvalue weighted by molar-refractivity contribution is 6.31. The number of aryl methyl sites for hydroxylation is 1. The molecule has 15 heavy (non-hydrogen) atoms. The summed E-state index contributed by atoms with van der Waals surface area (Å²) in [7, 11) is 0. The Labute approximate surface area is 94.3 Å². The van der Waals surface area contributed by atoms with Crippen molar-refractivity contribution in [3.8, 4) is 0 Å². The van der Waals surface area contributed by atoms with Gasteiger partial charge in [0.25, 0.3) is 0 Å². The van der Waals surface area contributed by atoms with Gasteiger partial charge in [-0.3, -0.25) is 4.79 Å². The minimum atomic E-state index is -0.281. The molecular formula is C12H14ClFO. The molecule has 0 amide bonds. The molecule has 0 fully saturated rings. The predicted octanol–water partition coefficient (Wildman–Crippen LogP) is 3.78. The zero-order valence-electron chi connectivity index (χ0n) is 8.72. The molecule has 0 unspecified atom stereocenters. The summed E-state index contributed by atoms with van der Waals surface area (Å²) < 4.78 is 12.9. The Morgan fingerprint density at radius 3 is 2.87 bits per heavy atom. The fourth-order valence-electron chi connectivity index (χ4n) is 1.39. The SMILES string of the molecule is CCC(=O)CCCc1cc(F)ccc1Cl. The number of hydrogen-bond acceptors (Lipinski definition) is 1. The zero-order chi connectivity index (χ0) is 11.3. The molecule has 3 heteroatoms. The molecule has 0 aliphatic heterocycles. The highest BCUT2D eigenvalue weighted by atomic mass is 35.5. The van der Waals surface area contributed by atoms with Crippen LogP contribution in [0.3, 0.4) is 0 Å². The van der Waals surface area contributed by atoms with Crippen molar-refractivity contribution in [1.29, 1.82) is 0 Å². The van der Waals surface area contributed by atoms with E-state index in [-0.39, 0.29) is 11.6 Å². The van der Waals surface area contributed by atoms with Crippen molar-refractivity contribution >= 4 is 17.4 Å². The van der Waals surface area contributed by atoms with Crippen LogP contribution < -0.4 is 0 Å². The van der Waals surface area contributed by atoms with Gasteiger partial charge in [0.2, 0.25) is 0 Å². The minimum Gasteiger partial charge on any atom is -0.300 e. The smallest absolute Gasteiger partial charge is 0.132 e. The Bertz CT molecular complexity index is 349. The molecule has 0 aliphatic carbocycles. The number of halogens is 2. The molecule has 0 aliphatic rings. The van der Waals surface area contributed by atoms with E-state index < -0.39 is 0 Å². The van der Waals surface area contributed by atoms with Gasteiger partial charge in [0.05, 0.1) is 0 Å². The van der Waals surface area contributed by atoms with Crippen molar-refractivity contribution in [2.45, 2.75) is 32.6 Å². The largest absolute Gasteiger partial charge is 0.300 e. The summed E-state index contributed by atoms with van der Waals surface area (Å²) in [5, 5.41) is 0.570. The second-order valence-electron chi connectivity index (χ2n) is 3.48. The van der Waals surface area contributed by atoms with Gasteiger partial charge >= 0.3 is 0 Å². The van der Waals surface area contributed by atoms with E-state index in [1.807, 2.05) is 6.92 Å². The number of ketones is 1. The second kappa shape index (κ2) is 5.86. The quantitative estimate of drug-likeness (QED) is 0.750. The van der Waals surface area contributed by atoms with E-state index in [4.69, 9.17) is 11.6 Å². The summed E-state index contributed by atoms with van der Waals surface area (Å²) in [4.78, 5) is 11.0. The third-order valence-corrected chi connectivity index (χ3v) is 2.67. The van der Waals surface area contributed by atoms with E-state index in [1.54, 1.807) is 6.07 Å². The average molecular weight is 229 g/mol. The van der Waals surface area contributed by atoms with E-state index in [2.05, 4.69) is 0 Å². The van der Waals surface area contributed by atoms with Crippen molar-refractivity contribution in [2.24, 2.45) is 0 Å². The molecule has 0 spiro atoms. The van der Waals surface area contributed by atoms with Crippen LogP contribution in [0.2, 0.25) is 5.02 Å². The van der Waals surface area contributed by atoms with Gasteiger partial charge in [-0.2, -0.15) is 0 Å². The first kappa shape index (κ1) is 12.2. The van der Waals surface area contributed by atoms with Crippen LogP contribution in [0.5, 0.6) is 0 Å². The van der Waals surface area contributed by atoms with Gasteiger partial charge in [-0.1, -0.05) is 18.5 Å². The van der Waals surface area contributed by atoms with Crippen LogP contribution in [-0.4, -0.2) is 5.78 Å². The Morgan fingerprint density at radius 1 is 1.47 bits per heavy atom. The molecule has 0 atom stereocenters. The van der Waals surface area contributed by atoms with Crippen molar-refractivity contribution < 1.29 is 9.18 Å². The molecule has 0 radical (unpaired) electrons. The summed E-state index contributed by atoms with van der Waals surface area (Å²) in [5.41, 5.74) is 0.778. The Balaban J connectivity index is 2.50. The fourth-order valence-corrected chi connectivity index (χ4v) is 1.60. The van der Waals surface area contributed by atoms with Gasteiger partial charge in [-0.05, 0) is 36.6 Å². The fraction of sp³-hybridized carbons (Fsp3) is 0.417. The Kier molecular flexibility index (Phi) is 4.76. The lowest BCUT2D eigenvalue weighted by molar-refractivity contribution is -0.118. The normalized spacial score (nSPS) is 10.3. The maximum atomic E-state index is 12.9. The van der Waals surface area contributed by atoms with Gasteiger partial charge in [-0.15, -0.1) is 0 Å². The topological polar surface area (TPSA) is 17.1 Å². The molecular weight excluding hydrogens is 215 g/mol. The predicted molar refractivity (Wildman–Crippen MR) is 59.6 cm³/mol. The summed E-state index contributed by atoms with van der Waals surface area (Å²) in [6.45, 7) is 1.84. The molecule has 0 saturated heterocycles. The van der Waals surface area contributed by atoms with Crippen molar-refractivity contribution in [2.75, 3.05) is 0 Å². The number of carbonyl (C=O) groups is 1. The van der Waals surface area contributed by atoms with Crippen molar-refractivity contribution in [3.05, 3.63) is 34.6 Å². The van der Waals surface area contributed by atoms with Crippen molar-refractivity contribution in [1.82, 2.24) is 0 Å². The van der Waals surface area contributed by atoms with Crippen LogP contribution in [0.15, 0.2) is 18.2 Å². The number of Topliss-reactive ketones (excluding diaryl/α,β-unsaturated/α-hetero) is 1. The summed E-state index contributed by atoms with van der Waals surface area (Å²) in [6.07, 6.45) is 2.50. The van der Waals surface area contributed by atoms with E-state index >= 15 is 0 Å². The first-order chi connectivity index (χ1) is 7.13. The van der Waals surface area contributed by atoms with E-state index in [0.29, 0.717) is 24.3 Å². The van der Waals surface area contributed by atoms with Gasteiger partial charge in [0, 0.05) is 17.9 Å². The molecule has 82 valence electrons. The Morgan fingerprint density at radius 2 is 2.20 bits per heavy atom. The number of benzene rings is 1. The summed E-state index contributed by atoms with van der Waals surface area (Å²) in [6, 6.07) is 4.32. The molecule has 1 nitrogen and oxygen atoms in total. The van der Waals surface area contributed by atoms with Crippen LogP contribution >= 0.6 is 11.6 Å². The number of carbonyl (C=O) groups excluding carboxylic acids is 1. The molecule has 1 rings (SSSR count). The van der Waals surface area contributed by atoms with Crippen LogP contribution in [-0.2, 0) is 11.2 Å². The first-order valence-electron chi connectivity index (χ1n) is 5.09. The highest BCUT2D eigenvalue weighted by Gasteiger charge is 2.03. The van der Waals surface area contributed by atoms with Crippen LogP contribution in [0.25, 0.3) is 0 Å². The molecule has 0 aromatic heterocycles. The lowest BCUT2D eigenvalue weighted by Gasteiger charge is -2.03. The van der Waals surface area contributed by atoms with Gasteiger partial charge in [0.1, 0.15) is 11.6 Å². The maximum Gasteiger partial charge on any atom is 0.132 e. The lowest BCUT2D eigenvalue weighted by atomic mass is 10.1. The van der Waals surface area contributed by atoms with Crippen molar-refractivity contribution in [3.63, 3.8) is 0 Å². The molecule has 1 aromatic rings. The third-order valence-electron chi connectivity index (χ3n) is 2.30. The van der Waals surface area contributed by atoms with E-state index in [1.165, 1.54) is 12.1 Å². The molecule has 0 heterocycles. The van der Waals surface area contributed by atoms with Crippen LogP contribution in [0, 0.1) is 5.82 Å². The van der Waals surface area contributed by atoms with Gasteiger partial charge < -0.3 is 0 Å². The number of hydrogen-bond donors (Lipinski definition) is 0. The van der Waals surface area contributed by atoms with Crippen LogP contribution in [0.1, 0.15) is 31.7 Å². The monoisotopic (exact) mass is 228 g/mol.